The van der Waals surface area contributed by atoms with Crippen molar-refractivity contribution in [2.45, 2.75) is 25.2 Å². The minimum Gasteiger partial charge on any atom is -0.497 e. The number of likely N-dealkylation sites (tertiary alicyclic amines) is 1. The fourth-order valence-corrected chi connectivity index (χ4v) is 4.28. The molecule has 2 aliphatic rings. The molecule has 0 aromatic heterocycles. The number of carbonyl (C=O) groups excluding carboxylic acids is 4. The van der Waals surface area contributed by atoms with Gasteiger partial charge in [-0.3, -0.25) is 14.5 Å². The molecule has 2 aromatic carbocycles. The molecule has 2 heterocycles. The molecule has 2 aliphatic heterocycles. The van der Waals surface area contributed by atoms with E-state index in [0.29, 0.717) is 22.0 Å². The average molecular weight is 527 g/mol. The zero-order valence-electron chi connectivity index (χ0n) is 20.7. The quantitative estimate of drug-likeness (QED) is 0.366. The fraction of sp³-hybridized carbons (Fsp3) is 0.320. The Bertz CT molecular complexity index is 1250. The first-order chi connectivity index (χ1) is 18.2. The number of β-lactam (4-membered cyclic amide) rings is 1. The van der Waals surface area contributed by atoms with Crippen LogP contribution < -0.4 is 14.8 Å². The summed E-state index contributed by atoms with van der Waals surface area (Å²) in [4.78, 5) is 64.4. The van der Waals surface area contributed by atoms with Gasteiger partial charge in [-0.25, -0.2) is 19.3 Å². The number of ether oxygens (including phenoxy) is 3. The van der Waals surface area contributed by atoms with Crippen molar-refractivity contribution >= 4 is 30.0 Å². The summed E-state index contributed by atoms with van der Waals surface area (Å²) in [6.07, 6.45) is -2.42. The van der Waals surface area contributed by atoms with Crippen molar-refractivity contribution in [3.05, 3.63) is 59.7 Å². The van der Waals surface area contributed by atoms with Crippen LogP contribution in [0.3, 0.4) is 0 Å². The summed E-state index contributed by atoms with van der Waals surface area (Å²) in [6.45, 7) is -0.942. The Labute approximate surface area is 217 Å². The molecule has 2 atom stereocenters. The van der Waals surface area contributed by atoms with Crippen LogP contribution in [-0.2, 0) is 27.5 Å². The summed E-state index contributed by atoms with van der Waals surface area (Å²) in [7, 11) is 2.96. The predicted octanol–water partition coefficient (Wildman–Crippen LogP) is 1.65. The number of benzene rings is 2. The molecule has 0 bridgehead atoms. The monoisotopic (exact) mass is 526 g/mol. The standard InChI is InChI=1S/C25H26N4O9/c1-36-17-9-8-16(19(10-17)37-2)11-27-18(12-28-20(30)13-29(24(28)33)25(34)35)21(22(27)31)26-23(32)38-14-15-6-4-3-5-7-15/h3-10,18,21H,11-14H2,1-2H3,(H,26,32)(H,34,35)/t18-,21+/m1/s1. The van der Waals surface area contributed by atoms with E-state index in [9.17, 15) is 29.1 Å². The van der Waals surface area contributed by atoms with Gasteiger partial charge in [0.15, 0.2) is 0 Å². The molecule has 6 amide bonds. The number of imide groups is 2. The number of methoxy groups -OCH3 is 2. The Balaban J connectivity index is 1.52. The van der Waals surface area contributed by atoms with Gasteiger partial charge in [-0.2, -0.15) is 0 Å². The summed E-state index contributed by atoms with van der Waals surface area (Å²) in [5.74, 6) is -0.220. The minimum atomic E-state index is -1.56. The van der Waals surface area contributed by atoms with Crippen molar-refractivity contribution in [2.24, 2.45) is 0 Å². The number of amides is 6. The SMILES string of the molecule is COc1ccc(CN2C(=O)[C@@H](NC(=O)OCc3ccccc3)[C@H]2CN2C(=O)CN(C(=O)O)C2=O)c(OC)c1. The smallest absolute Gasteiger partial charge is 0.416 e. The third-order valence-electron chi connectivity index (χ3n) is 6.31. The van der Waals surface area contributed by atoms with Gasteiger partial charge in [0.25, 0.3) is 5.91 Å². The zero-order chi connectivity index (χ0) is 27.4. The number of carboxylic acid groups (broad SMARTS) is 1. The van der Waals surface area contributed by atoms with Crippen molar-refractivity contribution in [3.8, 4) is 11.5 Å². The first kappa shape index (κ1) is 26.3. The van der Waals surface area contributed by atoms with E-state index in [2.05, 4.69) is 5.32 Å². The fourth-order valence-electron chi connectivity index (χ4n) is 4.28. The normalized spacial score (nSPS) is 18.8. The zero-order valence-corrected chi connectivity index (χ0v) is 20.7. The molecular formula is C25H26N4O9. The van der Waals surface area contributed by atoms with Gasteiger partial charge in [-0.1, -0.05) is 30.3 Å². The average Bonchev–Trinajstić information content (AvgIpc) is 3.21. The lowest BCUT2D eigenvalue weighted by molar-refractivity contribution is -0.153. The largest absolute Gasteiger partial charge is 0.497 e. The second-order valence-corrected chi connectivity index (χ2v) is 8.55. The molecule has 2 saturated heterocycles. The van der Waals surface area contributed by atoms with Crippen LogP contribution in [0.2, 0.25) is 0 Å². The molecule has 4 rings (SSSR count). The first-order valence-electron chi connectivity index (χ1n) is 11.6. The predicted molar refractivity (Wildman–Crippen MR) is 129 cm³/mol. The number of carbonyl (C=O) groups is 5. The number of alkyl carbamates (subject to hydrolysis) is 1. The first-order valence-corrected chi connectivity index (χ1v) is 11.6. The van der Waals surface area contributed by atoms with E-state index < -0.39 is 48.7 Å². The molecule has 2 N–H and O–H groups in total. The number of hydrogen-bond acceptors (Lipinski definition) is 8. The lowest BCUT2D eigenvalue weighted by atomic mass is 9.93. The maximum absolute atomic E-state index is 13.1. The van der Waals surface area contributed by atoms with Gasteiger partial charge in [0.2, 0.25) is 5.91 Å². The second kappa shape index (κ2) is 11.1. The molecule has 0 saturated carbocycles. The van der Waals surface area contributed by atoms with E-state index in [-0.39, 0.29) is 19.7 Å². The van der Waals surface area contributed by atoms with Gasteiger partial charge >= 0.3 is 18.2 Å². The molecule has 13 heteroatoms. The van der Waals surface area contributed by atoms with E-state index in [1.54, 1.807) is 42.5 Å². The topological polar surface area (TPSA) is 155 Å². The van der Waals surface area contributed by atoms with Crippen LogP contribution >= 0.6 is 0 Å². The Hall–Kier alpha value is -4.81. The molecule has 2 fully saturated rings. The van der Waals surface area contributed by atoms with E-state index in [1.165, 1.54) is 19.1 Å². The Morgan fingerprint density at radius 3 is 2.42 bits per heavy atom. The lowest BCUT2D eigenvalue weighted by Gasteiger charge is -2.48. The minimum absolute atomic E-state index is 0.0261. The van der Waals surface area contributed by atoms with Gasteiger partial charge in [-0.05, 0) is 17.7 Å². The maximum atomic E-state index is 13.1. The summed E-state index contributed by atoms with van der Waals surface area (Å²) in [6, 6.07) is 11.0. The molecule has 2 aromatic rings. The summed E-state index contributed by atoms with van der Waals surface area (Å²) < 4.78 is 15.8. The number of urea groups is 1. The van der Waals surface area contributed by atoms with Gasteiger partial charge in [0, 0.05) is 18.2 Å². The second-order valence-electron chi connectivity index (χ2n) is 8.55. The van der Waals surface area contributed by atoms with Gasteiger partial charge in [0.05, 0.1) is 26.8 Å². The van der Waals surface area contributed by atoms with Crippen molar-refractivity contribution < 1.29 is 43.3 Å². The van der Waals surface area contributed by atoms with Crippen LogP contribution in [0.4, 0.5) is 14.4 Å². The van der Waals surface area contributed by atoms with Gasteiger partial charge in [0.1, 0.15) is 30.7 Å². The van der Waals surface area contributed by atoms with E-state index in [0.717, 1.165) is 10.5 Å². The Kier molecular flexibility index (Phi) is 7.65. The van der Waals surface area contributed by atoms with Crippen molar-refractivity contribution in [1.82, 2.24) is 20.0 Å². The van der Waals surface area contributed by atoms with Crippen LogP contribution in [-0.4, -0.2) is 89.2 Å². The van der Waals surface area contributed by atoms with Crippen LogP contribution in [0, 0.1) is 0 Å². The van der Waals surface area contributed by atoms with Crippen LogP contribution in [0.1, 0.15) is 11.1 Å². The van der Waals surface area contributed by atoms with E-state index in [4.69, 9.17) is 14.2 Å². The van der Waals surface area contributed by atoms with Crippen LogP contribution in [0.25, 0.3) is 0 Å². The molecule has 0 radical (unpaired) electrons. The maximum Gasteiger partial charge on any atom is 0.416 e. The number of rotatable bonds is 9. The van der Waals surface area contributed by atoms with E-state index >= 15 is 0 Å². The highest BCUT2D eigenvalue weighted by molar-refractivity contribution is 6.08. The third kappa shape index (κ3) is 5.31. The summed E-state index contributed by atoms with van der Waals surface area (Å²) in [5, 5.41) is 11.7. The number of nitrogens with one attached hydrogen (secondary N) is 1. The highest BCUT2D eigenvalue weighted by Gasteiger charge is 2.52. The van der Waals surface area contributed by atoms with Crippen molar-refractivity contribution in [2.75, 3.05) is 27.3 Å². The van der Waals surface area contributed by atoms with Gasteiger partial charge in [-0.15, -0.1) is 0 Å². The van der Waals surface area contributed by atoms with Crippen molar-refractivity contribution in [3.63, 3.8) is 0 Å². The van der Waals surface area contributed by atoms with Crippen LogP contribution in [0.5, 0.6) is 11.5 Å². The van der Waals surface area contributed by atoms with E-state index in [1.807, 2.05) is 6.07 Å². The molecule has 0 unspecified atom stereocenters. The third-order valence-corrected chi connectivity index (χ3v) is 6.31. The summed E-state index contributed by atoms with van der Waals surface area (Å²) >= 11 is 0. The van der Waals surface area contributed by atoms with Crippen LogP contribution in [0.15, 0.2) is 48.5 Å². The molecule has 0 aliphatic carbocycles. The Morgan fingerprint density at radius 1 is 1.05 bits per heavy atom. The highest BCUT2D eigenvalue weighted by Crippen LogP contribution is 2.31. The number of nitrogens with zero attached hydrogens (tertiary/aromatic N) is 3. The summed E-state index contributed by atoms with van der Waals surface area (Å²) in [5.41, 5.74) is 1.36. The molecule has 200 valence electrons. The Morgan fingerprint density at radius 2 is 1.79 bits per heavy atom. The number of hydrogen-bond donors (Lipinski definition) is 2. The molecule has 38 heavy (non-hydrogen) atoms. The lowest BCUT2D eigenvalue weighted by Crippen LogP contribution is -2.73. The molecule has 0 spiro atoms. The molecular weight excluding hydrogens is 500 g/mol. The van der Waals surface area contributed by atoms with Crippen molar-refractivity contribution in [1.29, 1.82) is 0 Å². The molecule has 13 nitrogen and oxygen atoms in total. The van der Waals surface area contributed by atoms with Gasteiger partial charge < -0.3 is 29.5 Å². The highest BCUT2D eigenvalue weighted by atomic mass is 16.5.